The van der Waals surface area contributed by atoms with E-state index in [1.807, 2.05) is 53.6 Å². The van der Waals surface area contributed by atoms with Crippen LogP contribution in [0, 0.1) is 0 Å². The molecule has 1 aromatic carbocycles. The summed E-state index contributed by atoms with van der Waals surface area (Å²) in [6, 6.07) is 13.8. The van der Waals surface area contributed by atoms with E-state index in [0.717, 1.165) is 5.56 Å². The van der Waals surface area contributed by atoms with Crippen molar-refractivity contribution in [2.45, 2.75) is 31.1 Å². The summed E-state index contributed by atoms with van der Waals surface area (Å²) in [6.07, 6.45) is 1.62. The van der Waals surface area contributed by atoms with E-state index in [4.69, 9.17) is 9.15 Å². The summed E-state index contributed by atoms with van der Waals surface area (Å²) in [4.78, 5) is 14.6. The van der Waals surface area contributed by atoms with Gasteiger partial charge >= 0.3 is 0 Å². The first kappa shape index (κ1) is 19.7. The van der Waals surface area contributed by atoms with Crippen LogP contribution in [0.3, 0.4) is 0 Å². The van der Waals surface area contributed by atoms with Crippen LogP contribution in [-0.4, -0.2) is 56.6 Å². The molecule has 3 aromatic rings. The molecule has 0 bridgehead atoms. The van der Waals surface area contributed by atoms with E-state index in [1.165, 1.54) is 11.8 Å². The molecule has 1 aliphatic rings. The molecule has 8 heteroatoms. The number of amides is 1. The monoisotopic (exact) mass is 412 g/mol. The molecular weight excluding hydrogens is 388 g/mol. The second-order valence-electron chi connectivity index (χ2n) is 7.57. The summed E-state index contributed by atoms with van der Waals surface area (Å²) in [5, 5.41) is 9.35. The van der Waals surface area contributed by atoms with Gasteiger partial charge in [0.25, 0.3) is 0 Å². The zero-order chi connectivity index (χ0) is 20.3. The van der Waals surface area contributed by atoms with Gasteiger partial charge in [0.05, 0.1) is 30.8 Å². The fraction of sp³-hybridized carbons (Fsp3) is 0.381. The van der Waals surface area contributed by atoms with Crippen LogP contribution >= 0.6 is 11.8 Å². The van der Waals surface area contributed by atoms with Gasteiger partial charge < -0.3 is 14.1 Å². The fourth-order valence-corrected chi connectivity index (χ4v) is 4.18. The molecule has 1 aliphatic heterocycles. The molecule has 4 rings (SSSR count). The Hall–Kier alpha value is -2.58. The largest absolute Gasteiger partial charge is 0.461 e. The maximum Gasteiger partial charge on any atom is 0.233 e. The van der Waals surface area contributed by atoms with Crippen LogP contribution in [0.15, 0.2) is 58.3 Å². The number of hydrogen-bond acceptors (Lipinski definition) is 6. The van der Waals surface area contributed by atoms with Gasteiger partial charge in [-0.25, -0.2) is 0 Å². The van der Waals surface area contributed by atoms with Crippen molar-refractivity contribution in [1.29, 1.82) is 0 Å². The Bertz CT molecular complexity index is 954. The lowest BCUT2D eigenvalue weighted by Crippen LogP contribution is -2.51. The van der Waals surface area contributed by atoms with E-state index in [0.29, 0.717) is 48.7 Å². The molecule has 29 heavy (non-hydrogen) atoms. The summed E-state index contributed by atoms with van der Waals surface area (Å²) in [5.74, 6) is 1.70. The number of rotatable bonds is 6. The van der Waals surface area contributed by atoms with E-state index in [1.54, 1.807) is 6.26 Å². The Kier molecular flexibility index (Phi) is 5.73. The topological polar surface area (TPSA) is 73.4 Å². The molecule has 0 N–H and O–H groups in total. The molecule has 3 heterocycles. The Morgan fingerprint density at radius 2 is 2.00 bits per heavy atom. The van der Waals surface area contributed by atoms with Gasteiger partial charge in [-0.3, -0.25) is 9.36 Å². The molecule has 0 unspecified atom stereocenters. The van der Waals surface area contributed by atoms with Crippen molar-refractivity contribution in [3.63, 3.8) is 0 Å². The summed E-state index contributed by atoms with van der Waals surface area (Å²) in [5.41, 5.74) is 0.821. The van der Waals surface area contributed by atoms with Crippen molar-refractivity contribution in [1.82, 2.24) is 19.7 Å². The predicted molar refractivity (Wildman–Crippen MR) is 111 cm³/mol. The van der Waals surface area contributed by atoms with Gasteiger partial charge in [0.2, 0.25) is 11.7 Å². The number of carbonyl (C=O) groups is 1. The number of benzene rings is 1. The van der Waals surface area contributed by atoms with Gasteiger partial charge in [0, 0.05) is 13.1 Å². The van der Waals surface area contributed by atoms with Crippen LogP contribution in [0.25, 0.3) is 11.6 Å². The third-order valence-corrected chi connectivity index (χ3v) is 5.70. The van der Waals surface area contributed by atoms with Crippen LogP contribution in [0.4, 0.5) is 0 Å². The van der Waals surface area contributed by atoms with Gasteiger partial charge in [0.15, 0.2) is 10.9 Å². The standard InChI is InChI=1S/C21H24N4O3S/c1-21(2)15-24(10-12-28-21)18(26)14-29-20-23-22-19(17-9-6-11-27-17)25(20)13-16-7-4-3-5-8-16/h3-9,11H,10,12-15H2,1-2H3. The summed E-state index contributed by atoms with van der Waals surface area (Å²) < 4.78 is 13.2. The van der Waals surface area contributed by atoms with E-state index < -0.39 is 0 Å². The Labute approximate surface area is 174 Å². The summed E-state index contributed by atoms with van der Waals surface area (Å²) in [6.45, 7) is 6.40. The highest BCUT2D eigenvalue weighted by atomic mass is 32.2. The molecule has 152 valence electrons. The molecular formula is C21H24N4O3S. The minimum Gasteiger partial charge on any atom is -0.461 e. The Morgan fingerprint density at radius 1 is 1.17 bits per heavy atom. The lowest BCUT2D eigenvalue weighted by atomic mass is 10.1. The molecule has 0 atom stereocenters. The smallest absolute Gasteiger partial charge is 0.233 e. The highest BCUT2D eigenvalue weighted by Gasteiger charge is 2.30. The van der Waals surface area contributed by atoms with Crippen molar-refractivity contribution >= 4 is 17.7 Å². The first-order valence-electron chi connectivity index (χ1n) is 9.57. The van der Waals surface area contributed by atoms with E-state index >= 15 is 0 Å². The van der Waals surface area contributed by atoms with Crippen molar-refractivity contribution in [3.8, 4) is 11.6 Å². The van der Waals surface area contributed by atoms with E-state index in [-0.39, 0.29) is 11.5 Å². The lowest BCUT2D eigenvalue weighted by Gasteiger charge is -2.38. The fourth-order valence-electron chi connectivity index (χ4n) is 3.34. The highest BCUT2D eigenvalue weighted by Crippen LogP contribution is 2.26. The van der Waals surface area contributed by atoms with Crippen LogP contribution in [0.1, 0.15) is 19.4 Å². The number of aromatic nitrogens is 3. The highest BCUT2D eigenvalue weighted by molar-refractivity contribution is 7.99. The molecule has 0 radical (unpaired) electrons. The number of thioether (sulfide) groups is 1. The maximum absolute atomic E-state index is 12.7. The third kappa shape index (κ3) is 4.71. The number of carbonyl (C=O) groups excluding carboxylic acids is 1. The molecule has 0 saturated carbocycles. The second kappa shape index (κ2) is 8.42. The number of hydrogen-bond donors (Lipinski definition) is 0. The minimum atomic E-state index is -0.307. The molecule has 1 amide bonds. The van der Waals surface area contributed by atoms with Crippen LogP contribution in [0.5, 0.6) is 0 Å². The molecule has 2 aromatic heterocycles. The Morgan fingerprint density at radius 3 is 2.72 bits per heavy atom. The molecule has 0 spiro atoms. The predicted octanol–water partition coefficient (Wildman–Crippen LogP) is 3.32. The number of furan rings is 1. The average Bonchev–Trinajstić information content (AvgIpc) is 3.36. The molecule has 0 aliphatic carbocycles. The van der Waals surface area contributed by atoms with E-state index in [2.05, 4.69) is 22.3 Å². The zero-order valence-electron chi connectivity index (χ0n) is 16.6. The quantitative estimate of drug-likeness (QED) is 0.579. The van der Waals surface area contributed by atoms with Crippen LogP contribution in [0.2, 0.25) is 0 Å². The maximum atomic E-state index is 12.7. The first-order valence-corrected chi connectivity index (χ1v) is 10.6. The van der Waals surface area contributed by atoms with Crippen molar-refractivity contribution < 1.29 is 13.9 Å². The van der Waals surface area contributed by atoms with Crippen LogP contribution in [-0.2, 0) is 16.1 Å². The van der Waals surface area contributed by atoms with Crippen molar-refractivity contribution in [2.75, 3.05) is 25.4 Å². The normalized spacial score (nSPS) is 16.1. The lowest BCUT2D eigenvalue weighted by molar-refractivity contribution is -0.143. The van der Waals surface area contributed by atoms with Crippen molar-refractivity contribution in [2.24, 2.45) is 0 Å². The zero-order valence-corrected chi connectivity index (χ0v) is 17.4. The second-order valence-corrected chi connectivity index (χ2v) is 8.51. The molecule has 1 saturated heterocycles. The Balaban J connectivity index is 1.52. The molecule has 1 fully saturated rings. The third-order valence-electron chi connectivity index (χ3n) is 4.75. The number of nitrogens with zero attached hydrogens (tertiary/aromatic N) is 4. The first-order chi connectivity index (χ1) is 14.0. The summed E-state index contributed by atoms with van der Waals surface area (Å²) >= 11 is 1.40. The van der Waals surface area contributed by atoms with Gasteiger partial charge in [-0.2, -0.15) is 0 Å². The number of ether oxygens (including phenoxy) is 1. The average molecular weight is 413 g/mol. The van der Waals surface area contributed by atoms with Gasteiger partial charge in [-0.1, -0.05) is 42.1 Å². The van der Waals surface area contributed by atoms with Gasteiger partial charge in [-0.15, -0.1) is 10.2 Å². The summed E-state index contributed by atoms with van der Waals surface area (Å²) in [7, 11) is 0. The van der Waals surface area contributed by atoms with Crippen molar-refractivity contribution in [3.05, 3.63) is 54.3 Å². The van der Waals surface area contributed by atoms with Gasteiger partial charge in [-0.05, 0) is 31.5 Å². The number of morpholine rings is 1. The SMILES string of the molecule is CC1(C)CN(C(=O)CSc2nnc(-c3ccco3)n2Cc2ccccc2)CCO1. The van der Waals surface area contributed by atoms with Crippen LogP contribution < -0.4 is 0 Å². The minimum absolute atomic E-state index is 0.0835. The van der Waals surface area contributed by atoms with Gasteiger partial charge in [0.1, 0.15) is 0 Å². The molecule has 7 nitrogen and oxygen atoms in total. The van der Waals surface area contributed by atoms with E-state index in [9.17, 15) is 4.79 Å².